The van der Waals surface area contributed by atoms with E-state index in [1.54, 1.807) is 22.8 Å². The predicted octanol–water partition coefficient (Wildman–Crippen LogP) is 4.17. The highest BCUT2D eigenvalue weighted by Crippen LogP contribution is 2.27. The van der Waals surface area contributed by atoms with Crippen molar-refractivity contribution in [3.05, 3.63) is 62.8 Å². The molecule has 1 N–H and O–H groups in total. The van der Waals surface area contributed by atoms with E-state index in [0.717, 1.165) is 41.7 Å². The van der Waals surface area contributed by atoms with Gasteiger partial charge in [-0.15, -0.1) is 0 Å². The molecule has 0 saturated heterocycles. The van der Waals surface area contributed by atoms with E-state index in [4.69, 9.17) is 0 Å². The highest BCUT2D eigenvalue weighted by Gasteiger charge is 2.21. The number of nitrogens with one attached hydrogen (secondary N) is 1. The van der Waals surface area contributed by atoms with Crippen LogP contribution >= 0.6 is 11.3 Å². The molecule has 4 rings (SSSR count). The van der Waals surface area contributed by atoms with Crippen molar-refractivity contribution in [2.45, 2.75) is 57.0 Å². The lowest BCUT2D eigenvalue weighted by Gasteiger charge is -2.16. The van der Waals surface area contributed by atoms with Gasteiger partial charge >= 0.3 is 4.87 Å². The fourth-order valence-corrected chi connectivity index (χ4v) is 6.29. The van der Waals surface area contributed by atoms with Crippen LogP contribution in [-0.2, 0) is 22.9 Å². The van der Waals surface area contributed by atoms with Crippen LogP contribution in [-0.4, -0.2) is 13.0 Å². The normalized spacial score (nSPS) is 15.3. The van der Waals surface area contributed by atoms with Crippen LogP contribution in [0.15, 0.2) is 46.1 Å². The van der Waals surface area contributed by atoms with Crippen molar-refractivity contribution >= 4 is 31.6 Å². The fraction of sp³-hybridized carbons (Fsp3) is 0.381. The molecule has 0 fully saturated rings. The lowest BCUT2D eigenvalue weighted by atomic mass is 10.0. The first-order valence-corrected chi connectivity index (χ1v) is 11.9. The van der Waals surface area contributed by atoms with E-state index < -0.39 is 10.0 Å². The van der Waals surface area contributed by atoms with Gasteiger partial charge in [-0.05, 0) is 74.9 Å². The number of thiazole rings is 1. The van der Waals surface area contributed by atoms with E-state index >= 15 is 0 Å². The summed E-state index contributed by atoms with van der Waals surface area (Å²) in [4.78, 5) is 12.3. The minimum atomic E-state index is -3.69. The molecule has 0 amide bonds. The molecule has 1 aliphatic carbocycles. The molecule has 5 nitrogen and oxygen atoms in total. The predicted molar refractivity (Wildman–Crippen MR) is 114 cm³/mol. The Morgan fingerprint density at radius 1 is 1.04 bits per heavy atom. The standard InChI is InChI=1S/C21H24N2O3S2/c1-13(2)23-19-10-9-18(12-20(19)27-21(23)24)28(25,26)22-14(3)16-8-7-15-5-4-6-17(15)11-16/h7-14,22H,4-6H2,1-3H3. The van der Waals surface area contributed by atoms with E-state index in [9.17, 15) is 13.2 Å². The molecule has 0 spiro atoms. The molecule has 2 aromatic carbocycles. The molecule has 0 aliphatic heterocycles. The highest BCUT2D eigenvalue weighted by atomic mass is 32.2. The number of nitrogens with zero attached hydrogens (tertiary/aromatic N) is 1. The smallest absolute Gasteiger partial charge is 0.296 e. The third kappa shape index (κ3) is 3.43. The van der Waals surface area contributed by atoms with Gasteiger partial charge in [0, 0.05) is 12.1 Å². The minimum absolute atomic E-state index is 0.0293. The maximum absolute atomic E-state index is 12.9. The first kappa shape index (κ1) is 19.4. The second-order valence-electron chi connectivity index (χ2n) is 7.69. The van der Waals surface area contributed by atoms with Gasteiger partial charge in [-0.1, -0.05) is 29.5 Å². The zero-order valence-corrected chi connectivity index (χ0v) is 17.9. The van der Waals surface area contributed by atoms with E-state index in [1.807, 2.05) is 26.8 Å². The number of sulfonamides is 1. The van der Waals surface area contributed by atoms with Gasteiger partial charge in [0.2, 0.25) is 10.0 Å². The van der Waals surface area contributed by atoms with Crippen molar-refractivity contribution in [3.63, 3.8) is 0 Å². The molecule has 0 radical (unpaired) electrons. The van der Waals surface area contributed by atoms with Crippen LogP contribution in [0.5, 0.6) is 0 Å². The van der Waals surface area contributed by atoms with Gasteiger partial charge < -0.3 is 0 Å². The number of rotatable bonds is 5. The van der Waals surface area contributed by atoms with Crippen LogP contribution in [0, 0.1) is 0 Å². The molecule has 1 unspecified atom stereocenters. The zero-order chi connectivity index (χ0) is 20.1. The van der Waals surface area contributed by atoms with Crippen LogP contribution in [0.4, 0.5) is 0 Å². The molecule has 1 heterocycles. The molecule has 148 valence electrons. The van der Waals surface area contributed by atoms with E-state index in [1.165, 1.54) is 11.1 Å². The lowest BCUT2D eigenvalue weighted by Crippen LogP contribution is -2.27. The highest BCUT2D eigenvalue weighted by molar-refractivity contribution is 7.89. The van der Waals surface area contributed by atoms with E-state index in [0.29, 0.717) is 4.70 Å². The molecule has 1 atom stereocenters. The molecule has 28 heavy (non-hydrogen) atoms. The Balaban J connectivity index is 1.63. The Bertz CT molecular complexity index is 1210. The topological polar surface area (TPSA) is 68.2 Å². The molecule has 1 aliphatic rings. The second kappa shape index (κ2) is 7.13. The summed E-state index contributed by atoms with van der Waals surface area (Å²) in [5, 5.41) is 0. The molecule has 3 aromatic rings. The summed E-state index contributed by atoms with van der Waals surface area (Å²) in [6.07, 6.45) is 3.33. The first-order valence-electron chi connectivity index (χ1n) is 9.55. The molecule has 0 saturated carbocycles. The molecule has 0 bridgehead atoms. The van der Waals surface area contributed by atoms with Crippen molar-refractivity contribution in [2.75, 3.05) is 0 Å². The van der Waals surface area contributed by atoms with Crippen molar-refractivity contribution in [1.29, 1.82) is 0 Å². The summed E-state index contributed by atoms with van der Waals surface area (Å²) in [5.74, 6) is 0. The summed E-state index contributed by atoms with van der Waals surface area (Å²) >= 11 is 1.08. The molecular formula is C21H24N2O3S2. The van der Waals surface area contributed by atoms with Gasteiger partial charge in [0.05, 0.1) is 15.1 Å². The van der Waals surface area contributed by atoms with Crippen LogP contribution in [0.3, 0.4) is 0 Å². The largest absolute Gasteiger partial charge is 0.308 e. The summed E-state index contributed by atoms with van der Waals surface area (Å²) in [7, 11) is -3.69. The number of aromatic nitrogens is 1. The lowest BCUT2D eigenvalue weighted by molar-refractivity contribution is 0.567. The van der Waals surface area contributed by atoms with Gasteiger partial charge in [-0.3, -0.25) is 9.36 Å². The summed E-state index contributed by atoms with van der Waals surface area (Å²) < 4.78 is 31.0. The molecular weight excluding hydrogens is 392 g/mol. The Morgan fingerprint density at radius 2 is 1.79 bits per heavy atom. The number of hydrogen-bond acceptors (Lipinski definition) is 4. The third-order valence-electron chi connectivity index (χ3n) is 5.37. The van der Waals surface area contributed by atoms with Gasteiger partial charge in [0.1, 0.15) is 0 Å². The quantitative estimate of drug-likeness (QED) is 0.679. The average Bonchev–Trinajstić information content (AvgIpc) is 3.22. The first-order chi connectivity index (χ1) is 13.3. The molecule has 1 aromatic heterocycles. The minimum Gasteiger partial charge on any atom is -0.296 e. The number of aryl methyl sites for hydroxylation is 2. The molecule has 7 heteroatoms. The Kier molecular flexibility index (Phi) is 4.93. The van der Waals surface area contributed by atoms with Gasteiger partial charge in [-0.25, -0.2) is 13.1 Å². The monoisotopic (exact) mass is 416 g/mol. The summed E-state index contributed by atoms with van der Waals surface area (Å²) in [5.41, 5.74) is 4.44. The Labute approximate surface area is 169 Å². The van der Waals surface area contributed by atoms with Crippen molar-refractivity contribution in [3.8, 4) is 0 Å². The summed E-state index contributed by atoms with van der Waals surface area (Å²) in [6.45, 7) is 5.75. The maximum Gasteiger partial charge on any atom is 0.308 e. The van der Waals surface area contributed by atoms with Crippen LogP contribution in [0.2, 0.25) is 0 Å². The van der Waals surface area contributed by atoms with Gasteiger partial charge in [0.25, 0.3) is 0 Å². The maximum atomic E-state index is 12.9. The number of benzene rings is 2. The van der Waals surface area contributed by atoms with Crippen molar-refractivity contribution in [1.82, 2.24) is 9.29 Å². The van der Waals surface area contributed by atoms with Crippen molar-refractivity contribution in [2.24, 2.45) is 0 Å². The van der Waals surface area contributed by atoms with Crippen molar-refractivity contribution < 1.29 is 8.42 Å². The van der Waals surface area contributed by atoms with Gasteiger partial charge in [0.15, 0.2) is 0 Å². The summed E-state index contributed by atoms with van der Waals surface area (Å²) in [6, 6.07) is 10.8. The third-order valence-corrected chi connectivity index (χ3v) is 7.82. The van der Waals surface area contributed by atoms with Crippen LogP contribution in [0.1, 0.15) is 56.0 Å². The second-order valence-corrected chi connectivity index (χ2v) is 10.4. The fourth-order valence-electron chi connectivity index (χ4n) is 3.90. The van der Waals surface area contributed by atoms with Gasteiger partial charge in [-0.2, -0.15) is 0 Å². The van der Waals surface area contributed by atoms with Crippen LogP contribution < -0.4 is 9.60 Å². The Hall–Kier alpha value is -1.96. The van der Waals surface area contributed by atoms with Crippen LogP contribution in [0.25, 0.3) is 10.2 Å². The van der Waals surface area contributed by atoms with E-state index in [-0.39, 0.29) is 21.9 Å². The van der Waals surface area contributed by atoms with E-state index in [2.05, 4.69) is 16.9 Å². The zero-order valence-electron chi connectivity index (χ0n) is 16.2. The Morgan fingerprint density at radius 3 is 2.54 bits per heavy atom. The number of hydrogen-bond donors (Lipinski definition) is 1. The SMILES string of the molecule is CC(NS(=O)(=O)c1ccc2c(c1)sc(=O)n2C(C)C)c1ccc2c(c1)CCC2. The number of fused-ring (bicyclic) bond motifs is 2. The average molecular weight is 417 g/mol.